The van der Waals surface area contributed by atoms with E-state index >= 15 is 0 Å². The average molecular weight is 332 g/mol. The van der Waals surface area contributed by atoms with Crippen molar-refractivity contribution < 1.29 is 18.4 Å². The summed E-state index contributed by atoms with van der Waals surface area (Å²) in [6.45, 7) is -0.139. The fourth-order valence-corrected chi connectivity index (χ4v) is 2.26. The van der Waals surface area contributed by atoms with Crippen molar-refractivity contribution in [1.29, 1.82) is 0 Å². The smallest absolute Gasteiger partial charge is 0.343 e. The maximum Gasteiger partial charge on any atom is 0.343 e. The maximum absolute atomic E-state index is 13.6. The summed E-state index contributed by atoms with van der Waals surface area (Å²) in [5.74, 6) is -1.02. The molecule has 0 radical (unpaired) electrons. The molecule has 0 spiro atoms. The van der Waals surface area contributed by atoms with Crippen LogP contribution in [0.4, 0.5) is 4.39 Å². The van der Waals surface area contributed by atoms with Gasteiger partial charge in [0.15, 0.2) is 5.76 Å². The van der Waals surface area contributed by atoms with Crippen LogP contribution in [0.5, 0.6) is 0 Å². The van der Waals surface area contributed by atoms with Gasteiger partial charge in [-0.2, -0.15) is 0 Å². The lowest BCUT2D eigenvalue weighted by Crippen LogP contribution is -2.08. The Kier molecular flexibility index (Phi) is 4.39. The molecule has 0 unspecified atom stereocenters. The molecule has 0 bridgehead atoms. The number of hydrogen-bond donors (Lipinski definition) is 0. The molecule has 0 aliphatic rings. The third kappa shape index (κ3) is 3.40. The summed E-state index contributed by atoms with van der Waals surface area (Å²) in [6.07, 6.45) is 0. The lowest BCUT2D eigenvalue weighted by molar-refractivity contribution is 0.0459. The molecule has 6 heteroatoms. The van der Waals surface area contributed by atoms with E-state index < -0.39 is 11.8 Å². The predicted octanol–water partition coefficient (Wildman–Crippen LogP) is 4.49. The van der Waals surface area contributed by atoms with E-state index in [1.54, 1.807) is 6.07 Å². The van der Waals surface area contributed by atoms with Gasteiger partial charge in [0.1, 0.15) is 23.7 Å². The highest BCUT2D eigenvalue weighted by molar-refractivity contribution is 6.33. The Morgan fingerprint density at radius 2 is 1.96 bits per heavy atom. The summed E-state index contributed by atoms with van der Waals surface area (Å²) < 4.78 is 23.9. The number of hydrogen-bond acceptors (Lipinski definition) is 4. The minimum atomic E-state index is -0.850. The molecule has 0 N–H and O–H groups in total. The quantitative estimate of drug-likeness (QED) is 0.661. The highest BCUT2D eigenvalue weighted by Crippen LogP contribution is 2.22. The van der Waals surface area contributed by atoms with Gasteiger partial charge in [-0.3, -0.25) is 0 Å². The second-order valence-corrected chi connectivity index (χ2v) is 5.13. The first kappa shape index (κ1) is 15.2. The number of halogens is 2. The number of carbonyl (C=O) groups excluding carboxylic acids is 1. The number of esters is 1. The highest BCUT2D eigenvalue weighted by atomic mass is 35.5. The summed E-state index contributed by atoms with van der Waals surface area (Å²) in [5.41, 5.74) is 0.986. The third-order valence-electron chi connectivity index (χ3n) is 3.14. The van der Waals surface area contributed by atoms with Crippen molar-refractivity contribution in [2.45, 2.75) is 6.61 Å². The SMILES string of the molecule is O=C(OCc1cc(-c2ccccc2)on1)c1c(F)cccc1Cl. The second kappa shape index (κ2) is 6.62. The van der Waals surface area contributed by atoms with Gasteiger partial charge in [-0.25, -0.2) is 9.18 Å². The summed E-state index contributed by atoms with van der Waals surface area (Å²) in [5, 5.41) is 3.82. The number of carbonyl (C=O) groups is 1. The number of aromatic nitrogens is 1. The van der Waals surface area contributed by atoms with Crippen molar-refractivity contribution in [2.24, 2.45) is 0 Å². The van der Waals surface area contributed by atoms with Crippen molar-refractivity contribution in [3.8, 4) is 11.3 Å². The van der Waals surface area contributed by atoms with E-state index in [0.29, 0.717) is 11.5 Å². The zero-order valence-corrected chi connectivity index (χ0v) is 12.6. The second-order valence-electron chi connectivity index (χ2n) is 4.72. The van der Waals surface area contributed by atoms with Gasteiger partial charge in [-0.05, 0) is 12.1 Å². The molecule has 1 heterocycles. The molecule has 0 saturated carbocycles. The minimum absolute atomic E-state index is 0.000118. The first-order valence-corrected chi connectivity index (χ1v) is 7.15. The van der Waals surface area contributed by atoms with Crippen molar-refractivity contribution >= 4 is 17.6 Å². The topological polar surface area (TPSA) is 52.3 Å². The van der Waals surface area contributed by atoms with Crippen molar-refractivity contribution in [3.05, 3.63) is 76.7 Å². The van der Waals surface area contributed by atoms with Crippen LogP contribution in [-0.4, -0.2) is 11.1 Å². The summed E-state index contributed by atoms with van der Waals surface area (Å²) in [7, 11) is 0. The molecule has 3 rings (SSSR count). The van der Waals surface area contributed by atoms with Crippen molar-refractivity contribution in [1.82, 2.24) is 5.16 Å². The maximum atomic E-state index is 13.6. The summed E-state index contributed by atoms with van der Waals surface area (Å²) in [6, 6.07) is 15.0. The summed E-state index contributed by atoms with van der Waals surface area (Å²) in [4.78, 5) is 11.9. The van der Waals surface area contributed by atoms with Crippen LogP contribution in [0.2, 0.25) is 5.02 Å². The third-order valence-corrected chi connectivity index (χ3v) is 3.45. The van der Waals surface area contributed by atoms with Gasteiger partial charge in [-0.1, -0.05) is 53.2 Å². The molecule has 2 aromatic carbocycles. The molecule has 4 nitrogen and oxygen atoms in total. The molecule has 0 aliphatic heterocycles. The van der Waals surface area contributed by atoms with E-state index in [9.17, 15) is 9.18 Å². The van der Waals surface area contributed by atoms with Gasteiger partial charge in [-0.15, -0.1) is 0 Å². The van der Waals surface area contributed by atoms with Crippen LogP contribution in [0.25, 0.3) is 11.3 Å². The molecule has 116 valence electrons. The zero-order valence-electron chi connectivity index (χ0n) is 11.8. The first-order chi connectivity index (χ1) is 11.1. The van der Waals surface area contributed by atoms with Gasteiger partial charge >= 0.3 is 5.97 Å². The minimum Gasteiger partial charge on any atom is -0.455 e. The molecule has 0 saturated heterocycles. The first-order valence-electron chi connectivity index (χ1n) is 6.77. The van der Waals surface area contributed by atoms with Crippen LogP contribution in [-0.2, 0) is 11.3 Å². The van der Waals surface area contributed by atoms with Gasteiger partial charge < -0.3 is 9.26 Å². The lowest BCUT2D eigenvalue weighted by Gasteiger charge is -2.05. The molecule has 0 amide bonds. The van der Waals surface area contributed by atoms with Gasteiger partial charge in [0.2, 0.25) is 0 Å². The lowest BCUT2D eigenvalue weighted by atomic mass is 10.2. The normalized spacial score (nSPS) is 10.5. The fraction of sp³-hybridized carbons (Fsp3) is 0.0588. The molecule has 3 aromatic rings. The van der Waals surface area contributed by atoms with E-state index in [2.05, 4.69) is 5.16 Å². The Hall–Kier alpha value is -2.66. The molecule has 23 heavy (non-hydrogen) atoms. The van der Waals surface area contributed by atoms with Crippen LogP contribution >= 0.6 is 11.6 Å². The van der Waals surface area contributed by atoms with Crippen LogP contribution in [0.3, 0.4) is 0 Å². The van der Waals surface area contributed by atoms with Crippen LogP contribution in [0.15, 0.2) is 59.1 Å². The monoisotopic (exact) mass is 331 g/mol. The van der Waals surface area contributed by atoms with Crippen molar-refractivity contribution in [2.75, 3.05) is 0 Å². The molecule has 1 aromatic heterocycles. The number of ether oxygens (including phenoxy) is 1. The largest absolute Gasteiger partial charge is 0.455 e. The zero-order chi connectivity index (χ0) is 16.2. The fourth-order valence-electron chi connectivity index (χ4n) is 2.02. The number of nitrogens with zero attached hydrogens (tertiary/aromatic N) is 1. The standard InChI is InChI=1S/C17H11ClFNO3/c18-13-7-4-8-14(19)16(13)17(21)22-10-12-9-15(23-20-12)11-5-2-1-3-6-11/h1-9H,10H2. The van der Waals surface area contributed by atoms with E-state index in [1.165, 1.54) is 12.1 Å². The molecule has 0 atom stereocenters. The molecular weight excluding hydrogens is 321 g/mol. The van der Waals surface area contributed by atoms with Gasteiger partial charge in [0, 0.05) is 11.6 Å². The van der Waals surface area contributed by atoms with E-state index in [4.69, 9.17) is 20.9 Å². The van der Waals surface area contributed by atoms with Crippen LogP contribution in [0, 0.1) is 5.82 Å². The van der Waals surface area contributed by atoms with E-state index in [1.807, 2.05) is 30.3 Å². The van der Waals surface area contributed by atoms with Crippen LogP contribution in [0.1, 0.15) is 16.1 Å². The van der Waals surface area contributed by atoms with Gasteiger partial charge in [0.25, 0.3) is 0 Å². The Morgan fingerprint density at radius 1 is 1.17 bits per heavy atom. The Bertz CT molecular complexity index is 813. The number of benzene rings is 2. The van der Waals surface area contributed by atoms with Crippen molar-refractivity contribution in [3.63, 3.8) is 0 Å². The predicted molar refractivity (Wildman–Crippen MR) is 82.5 cm³/mol. The van der Waals surface area contributed by atoms with E-state index in [0.717, 1.165) is 11.6 Å². The number of rotatable bonds is 4. The van der Waals surface area contributed by atoms with Crippen LogP contribution < -0.4 is 0 Å². The molecule has 0 fully saturated rings. The van der Waals surface area contributed by atoms with E-state index in [-0.39, 0.29) is 17.2 Å². The Balaban J connectivity index is 1.70. The highest BCUT2D eigenvalue weighted by Gasteiger charge is 2.18. The molecule has 0 aliphatic carbocycles. The summed E-state index contributed by atoms with van der Waals surface area (Å²) >= 11 is 5.82. The Labute approximate surface area is 136 Å². The van der Waals surface area contributed by atoms with Gasteiger partial charge in [0.05, 0.1) is 5.02 Å². The molecular formula is C17H11ClFNO3. The average Bonchev–Trinajstić information content (AvgIpc) is 3.02. The Morgan fingerprint density at radius 3 is 2.70 bits per heavy atom.